The van der Waals surface area contributed by atoms with Gasteiger partial charge in [0.05, 0.1) is 30.6 Å². The number of carboxylic acid groups (broad SMARTS) is 1. The maximum absolute atomic E-state index is 14.7. The number of rotatable bonds is 8. The lowest BCUT2D eigenvalue weighted by atomic mass is 9.70. The SMILES string of the molecule is C=CCN(C(=O)C1N([C@H](CO)c2ccccc2)C(=O)[C@@H]2[C@H](C(=O)O)[C@H]3OC12CC3Br)c1c(C)cccc1C. The van der Waals surface area contributed by atoms with Crippen molar-refractivity contribution in [2.75, 3.05) is 18.1 Å². The number of carbonyl (C=O) groups excluding carboxylic acids is 2. The van der Waals surface area contributed by atoms with Crippen molar-refractivity contribution in [2.45, 2.75) is 48.9 Å². The number of benzene rings is 2. The Hall–Kier alpha value is -3.01. The van der Waals surface area contributed by atoms with E-state index in [2.05, 4.69) is 22.5 Å². The molecule has 0 radical (unpaired) electrons. The fourth-order valence-corrected chi connectivity index (χ4v) is 7.74. The van der Waals surface area contributed by atoms with Gasteiger partial charge in [-0.2, -0.15) is 0 Å². The van der Waals surface area contributed by atoms with Crippen LogP contribution >= 0.6 is 15.9 Å². The van der Waals surface area contributed by atoms with Crippen LogP contribution in [0.15, 0.2) is 61.2 Å². The highest BCUT2D eigenvalue weighted by Gasteiger charge is 2.77. The van der Waals surface area contributed by atoms with Gasteiger partial charge in [-0.15, -0.1) is 6.58 Å². The minimum atomic E-state index is -1.35. The summed E-state index contributed by atoms with van der Waals surface area (Å²) >= 11 is 3.58. The first kappa shape index (κ1) is 26.6. The van der Waals surface area contributed by atoms with E-state index < -0.39 is 54.1 Å². The molecule has 8 nitrogen and oxygen atoms in total. The number of alkyl halides is 1. The highest BCUT2D eigenvalue weighted by Crippen LogP contribution is 2.61. The zero-order chi connectivity index (χ0) is 27.4. The highest BCUT2D eigenvalue weighted by molar-refractivity contribution is 9.09. The van der Waals surface area contributed by atoms with Crippen LogP contribution in [-0.2, 0) is 19.1 Å². The summed E-state index contributed by atoms with van der Waals surface area (Å²) < 4.78 is 6.41. The van der Waals surface area contributed by atoms with Gasteiger partial charge in [0.2, 0.25) is 5.91 Å². The lowest BCUT2D eigenvalue weighted by molar-refractivity contribution is -0.151. The van der Waals surface area contributed by atoms with Gasteiger partial charge in [-0.3, -0.25) is 14.4 Å². The van der Waals surface area contributed by atoms with E-state index in [-0.39, 0.29) is 17.3 Å². The number of aliphatic hydroxyl groups is 1. The van der Waals surface area contributed by atoms with Crippen molar-refractivity contribution in [2.24, 2.45) is 11.8 Å². The van der Waals surface area contributed by atoms with Gasteiger partial charge in [0.25, 0.3) is 5.91 Å². The van der Waals surface area contributed by atoms with Crippen LogP contribution < -0.4 is 4.90 Å². The van der Waals surface area contributed by atoms with Gasteiger partial charge in [-0.05, 0) is 37.0 Å². The summed E-state index contributed by atoms with van der Waals surface area (Å²) in [6.07, 6.45) is 1.18. The first-order valence-corrected chi connectivity index (χ1v) is 13.6. The third-order valence-electron chi connectivity index (χ3n) is 8.23. The first-order valence-electron chi connectivity index (χ1n) is 12.7. The molecule has 1 spiro atoms. The number of likely N-dealkylation sites (tertiary alicyclic amines) is 1. The van der Waals surface area contributed by atoms with Crippen molar-refractivity contribution in [3.05, 3.63) is 77.9 Å². The number of aliphatic carboxylic acids is 1. The van der Waals surface area contributed by atoms with Gasteiger partial charge in [0.1, 0.15) is 11.6 Å². The number of carboxylic acids is 1. The standard InChI is InChI=1S/C29H31BrN2O6/c1-4-13-31(23-16(2)9-8-10-17(23)3)27(35)25-29-14-19(30)24(38-29)21(28(36)37)22(29)26(34)32(25)20(15-33)18-11-6-5-7-12-18/h4-12,19-22,24-25,33H,1,13-15H2,2-3H3,(H,36,37)/t19?,20-,21+,22+,24+,25?,29?/m1/s1. The molecule has 5 rings (SSSR count). The third kappa shape index (κ3) is 3.82. The molecule has 3 saturated heterocycles. The summed E-state index contributed by atoms with van der Waals surface area (Å²) in [4.78, 5) is 44.0. The summed E-state index contributed by atoms with van der Waals surface area (Å²) in [5, 5.41) is 20.7. The fourth-order valence-electron chi connectivity index (χ4n) is 6.79. The average molecular weight is 583 g/mol. The van der Waals surface area contributed by atoms with E-state index >= 15 is 0 Å². The molecule has 0 aromatic heterocycles. The van der Waals surface area contributed by atoms with Crippen molar-refractivity contribution in [1.82, 2.24) is 4.90 Å². The topological polar surface area (TPSA) is 107 Å². The molecule has 3 fully saturated rings. The lowest BCUT2D eigenvalue weighted by Gasteiger charge is -2.40. The van der Waals surface area contributed by atoms with E-state index in [0.29, 0.717) is 17.7 Å². The summed E-state index contributed by atoms with van der Waals surface area (Å²) in [6, 6.07) is 12.7. The molecule has 2 N–H and O–H groups in total. The largest absolute Gasteiger partial charge is 0.481 e. The predicted molar refractivity (Wildman–Crippen MR) is 145 cm³/mol. The van der Waals surface area contributed by atoms with E-state index in [9.17, 15) is 24.6 Å². The van der Waals surface area contributed by atoms with Gasteiger partial charge in [-0.25, -0.2) is 0 Å². The van der Waals surface area contributed by atoms with Crippen molar-refractivity contribution in [3.63, 3.8) is 0 Å². The number of amides is 2. The molecular formula is C29H31BrN2O6. The minimum absolute atomic E-state index is 0.183. The molecule has 2 aromatic carbocycles. The number of nitrogens with zero attached hydrogens (tertiary/aromatic N) is 2. The Balaban J connectivity index is 1.70. The third-order valence-corrected chi connectivity index (χ3v) is 9.07. The van der Waals surface area contributed by atoms with Crippen LogP contribution in [0.4, 0.5) is 5.69 Å². The van der Waals surface area contributed by atoms with Gasteiger partial charge < -0.3 is 24.7 Å². The molecule has 0 saturated carbocycles. The van der Waals surface area contributed by atoms with Crippen LogP contribution in [0.3, 0.4) is 0 Å². The number of halogens is 1. The van der Waals surface area contributed by atoms with Crippen LogP contribution in [0, 0.1) is 25.7 Å². The molecule has 7 atom stereocenters. The maximum atomic E-state index is 14.7. The molecule has 3 aliphatic heterocycles. The molecule has 2 aromatic rings. The van der Waals surface area contributed by atoms with Gasteiger partial charge in [-0.1, -0.05) is 70.5 Å². The number of carbonyl (C=O) groups is 3. The highest BCUT2D eigenvalue weighted by atomic mass is 79.9. The molecule has 200 valence electrons. The normalized spacial score (nSPS) is 30.3. The van der Waals surface area contributed by atoms with Crippen LogP contribution in [0.5, 0.6) is 0 Å². The Morgan fingerprint density at radius 3 is 2.45 bits per heavy atom. The smallest absolute Gasteiger partial charge is 0.310 e. The minimum Gasteiger partial charge on any atom is -0.481 e. The molecule has 2 amide bonds. The van der Waals surface area contributed by atoms with E-state index in [1.54, 1.807) is 35.2 Å². The maximum Gasteiger partial charge on any atom is 0.310 e. The Labute approximate surface area is 230 Å². The average Bonchev–Trinajstić information content (AvgIpc) is 3.48. The number of hydrogen-bond acceptors (Lipinski definition) is 5. The summed E-state index contributed by atoms with van der Waals surface area (Å²) in [5.74, 6) is -4.16. The summed E-state index contributed by atoms with van der Waals surface area (Å²) in [5.41, 5.74) is 1.77. The van der Waals surface area contributed by atoms with Crippen molar-refractivity contribution in [1.29, 1.82) is 0 Å². The Bertz CT molecular complexity index is 1260. The lowest BCUT2D eigenvalue weighted by Crippen LogP contribution is -2.57. The molecule has 38 heavy (non-hydrogen) atoms. The fraction of sp³-hybridized carbons (Fsp3) is 0.414. The zero-order valence-electron chi connectivity index (χ0n) is 21.3. The number of aliphatic hydroxyl groups excluding tert-OH is 1. The van der Waals surface area contributed by atoms with Crippen molar-refractivity contribution >= 4 is 39.4 Å². The second kappa shape index (κ2) is 9.94. The van der Waals surface area contributed by atoms with E-state index in [1.165, 1.54) is 4.90 Å². The van der Waals surface area contributed by atoms with E-state index in [0.717, 1.165) is 11.1 Å². The first-order chi connectivity index (χ1) is 18.2. The number of hydrogen-bond donors (Lipinski definition) is 2. The van der Waals surface area contributed by atoms with Gasteiger partial charge in [0.15, 0.2) is 0 Å². The molecule has 2 bridgehead atoms. The molecule has 3 unspecified atom stereocenters. The predicted octanol–water partition coefficient (Wildman–Crippen LogP) is 3.39. The quantitative estimate of drug-likeness (QED) is 0.365. The summed E-state index contributed by atoms with van der Waals surface area (Å²) in [6.45, 7) is 7.43. The number of para-hydroxylation sites is 1. The monoisotopic (exact) mass is 582 g/mol. The molecule has 9 heteroatoms. The Morgan fingerprint density at radius 2 is 1.87 bits per heavy atom. The molecule has 3 heterocycles. The van der Waals surface area contributed by atoms with Gasteiger partial charge in [0, 0.05) is 17.1 Å². The second-order valence-electron chi connectivity index (χ2n) is 10.3. The van der Waals surface area contributed by atoms with Crippen LogP contribution in [0.25, 0.3) is 0 Å². The molecular weight excluding hydrogens is 552 g/mol. The number of anilines is 1. The number of ether oxygens (including phenoxy) is 1. The van der Waals surface area contributed by atoms with Crippen molar-refractivity contribution < 1.29 is 29.3 Å². The van der Waals surface area contributed by atoms with Crippen molar-refractivity contribution in [3.8, 4) is 0 Å². The van der Waals surface area contributed by atoms with E-state index in [1.807, 2.05) is 38.1 Å². The number of aryl methyl sites for hydroxylation is 2. The van der Waals surface area contributed by atoms with Gasteiger partial charge >= 0.3 is 5.97 Å². The molecule has 3 aliphatic rings. The van der Waals surface area contributed by atoms with Crippen LogP contribution in [-0.4, -0.2) is 68.6 Å². The number of fused-ring (bicyclic) bond motifs is 1. The van der Waals surface area contributed by atoms with Crippen LogP contribution in [0.1, 0.15) is 29.2 Å². The van der Waals surface area contributed by atoms with Crippen LogP contribution in [0.2, 0.25) is 0 Å². The zero-order valence-corrected chi connectivity index (χ0v) is 22.9. The Morgan fingerprint density at radius 1 is 1.21 bits per heavy atom. The molecule has 0 aliphatic carbocycles. The summed E-state index contributed by atoms with van der Waals surface area (Å²) in [7, 11) is 0. The van der Waals surface area contributed by atoms with E-state index in [4.69, 9.17) is 4.74 Å². The Kier molecular flexibility index (Phi) is 6.96. The second-order valence-corrected chi connectivity index (χ2v) is 11.5.